The van der Waals surface area contributed by atoms with Gasteiger partial charge >= 0.3 is 0 Å². The van der Waals surface area contributed by atoms with Crippen molar-refractivity contribution >= 4 is 5.91 Å². The fraction of sp³-hybridized carbons (Fsp3) is 0.923. The number of hydrogen-bond acceptors (Lipinski definition) is 2. The van der Waals surface area contributed by atoms with Gasteiger partial charge in [0.15, 0.2) is 0 Å². The standard InChI is InChI=1S/C13H26N2O/c1-11(2)10-12-6-3-4-9-15(12)13(16)7-5-8-14/h11-12H,3-10,14H2,1-2H3. The topological polar surface area (TPSA) is 46.3 Å². The molecule has 0 spiro atoms. The minimum atomic E-state index is 0.316. The van der Waals surface area contributed by atoms with Gasteiger partial charge in [-0.05, 0) is 44.6 Å². The van der Waals surface area contributed by atoms with E-state index in [1.54, 1.807) is 0 Å². The van der Waals surface area contributed by atoms with E-state index in [2.05, 4.69) is 18.7 Å². The number of piperidine rings is 1. The molecule has 0 bridgehead atoms. The van der Waals surface area contributed by atoms with Gasteiger partial charge in [-0.1, -0.05) is 13.8 Å². The molecule has 3 heteroatoms. The Morgan fingerprint density at radius 3 is 2.81 bits per heavy atom. The van der Waals surface area contributed by atoms with E-state index in [4.69, 9.17) is 5.73 Å². The van der Waals surface area contributed by atoms with Crippen molar-refractivity contribution in [3.05, 3.63) is 0 Å². The van der Waals surface area contributed by atoms with Gasteiger partial charge in [0.05, 0.1) is 0 Å². The Kier molecular flexibility index (Phi) is 5.81. The summed E-state index contributed by atoms with van der Waals surface area (Å²) in [5, 5.41) is 0. The third-order valence-electron chi connectivity index (χ3n) is 3.29. The molecule has 2 N–H and O–H groups in total. The normalized spacial score (nSPS) is 21.5. The fourth-order valence-corrected chi connectivity index (χ4v) is 2.51. The van der Waals surface area contributed by atoms with Crippen LogP contribution in [0.15, 0.2) is 0 Å². The molecule has 1 saturated heterocycles. The van der Waals surface area contributed by atoms with Gasteiger partial charge in [-0.15, -0.1) is 0 Å². The van der Waals surface area contributed by atoms with Gasteiger partial charge in [0, 0.05) is 19.0 Å². The third-order valence-corrected chi connectivity index (χ3v) is 3.29. The van der Waals surface area contributed by atoms with Crippen molar-refractivity contribution in [1.29, 1.82) is 0 Å². The van der Waals surface area contributed by atoms with Gasteiger partial charge in [0.2, 0.25) is 5.91 Å². The Labute approximate surface area is 99.4 Å². The molecular weight excluding hydrogens is 200 g/mol. The summed E-state index contributed by atoms with van der Waals surface area (Å²) < 4.78 is 0. The molecule has 1 unspecified atom stereocenters. The quantitative estimate of drug-likeness (QED) is 0.781. The largest absolute Gasteiger partial charge is 0.340 e. The van der Waals surface area contributed by atoms with Crippen LogP contribution >= 0.6 is 0 Å². The Morgan fingerprint density at radius 2 is 2.19 bits per heavy atom. The first-order chi connectivity index (χ1) is 7.65. The van der Waals surface area contributed by atoms with E-state index >= 15 is 0 Å². The maximum atomic E-state index is 12.0. The lowest BCUT2D eigenvalue weighted by atomic mass is 9.93. The Morgan fingerprint density at radius 1 is 1.44 bits per heavy atom. The predicted molar refractivity (Wildman–Crippen MR) is 67.1 cm³/mol. The van der Waals surface area contributed by atoms with E-state index in [1.807, 2.05) is 0 Å². The number of amides is 1. The Bertz CT molecular complexity index is 216. The summed E-state index contributed by atoms with van der Waals surface area (Å²) in [7, 11) is 0. The number of carbonyl (C=O) groups is 1. The molecule has 3 nitrogen and oxygen atoms in total. The van der Waals surface area contributed by atoms with Crippen molar-refractivity contribution in [2.75, 3.05) is 13.1 Å². The van der Waals surface area contributed by atoms with Crippen molar-refractivity contribution in [1.82, 2.24) is 4.90 Å². The Hall–Kier alpha value is -0.570. The SMILES string of the molecule is CC(C)CC1CCCCN1C(=O)CCCN. The second-order valence-corrected chi connectivity index (χ2v) is 5.26. The molecule has 1 aliphatic rings. The average Bonchev–Trinajstić information content (AvgIpc) is 2.26. The molecule has 1 rings (SSSR count). The second-order valence-electron chi connectivity index (χ2n) is 5.26. The second kappa shape index (κ2) is 6.89. The first kappa shape index (κ1) is 13.5. The van der Waals surface area contributed by atoms with Gasteiger partial charge < -0.3 is 10.6 Å². The molecule has 1 fully saturated rings. The number of nitrogens with two attached hydrogens (primary N) is 1. The van der Waals surface area contributed by atoms with Crippen molar-refractivity contribution in [3.8, 4) is 0 Å². The van der Waals surface area contributed by atoms with Crippen LogP contribution in [0.3, 0.4) is 0 Å². The lowest BCUT2D eigenvalue weighted by molar-refractivity contribution is -0.135. The van der Waals surface area contributed by atoms with Crippen LogP contribution in [0, 0.1) is 5.92 Å². The maximum Gasteiger partial charge on any atom is 0.222 e. The number of hydrogen-bond donors (Lipinski definition) is 1. The molecule has 0 aromatic carbocycles. The lowest BCUT2D eigenvalue weighted by Gasteiger charge is -2.37. The van der Waals surface area contributed by atoms with E-state index in [-0.39, 0.29) is 0 Å². The molecule has 0 aliphatic carbocycles. The van der Waals surface area contributed by atoms with E-state index in [0.717, 1.165) is 19.4 Å². The molecule has 1 atom stereocenters. The minimum absolute atomic E-state index is 0.316. The van der Waals surface area contributed by atoms with Crippen LogP contribution in [0.2, 0.25) is 0 Å². The molecule has 0 radical (unpaired) electrons. The smallest absolute Gasteiger partial charge is 0.222 e. The number of carbonyl (C=O) groups excluding carboxylic acids is 1. The highest BCUT2D eigenvalue weighted by Crippen LogP contribution is 2.23. The Balaban J connectivity index is 2.48. The van der Waals surface area contributed by atoms with E-state index < -0.39 is 0 Å². The van der Waals surface area contributed by atoms with Crippen LogP contribution in [-0.2, 0) is 4.79 Å². The van der Waals surface area contributed by atoms with Crippen LogP contribution in [0.1, 0.15) is 52.4 Å². The maximum absolute atomic E-state index is 12.0. The zero-order valence-electron chi connectivity index (χ0n) is 10.7. The lowest BCUT2D eigenvalue weighted by Crippen LogP contribution is -2.44. The summed E-state index contributed by atoms with van der Waals surface area (Å²) in [6.45, 7) is 6.05. The first-order valence-corrected chi connectivity index (χ1v) is 6.64. The fourth-order valence-electron chi connectivity index (χ4n) is 2.51. The molecule has 1 heterocycles. The molecule has 16 heavy (non-hydrogen) atoms. The van der Waals surface area contributed by atoms with Gasteiger partial charge in [0.25, 0.3) is 0 Å². The van der Waals surface area contributed by atoms with Crippen LogP contribution in [0.25, 0.3) is 0 Å². The van der Waals surface area contributed by atoms with Crippen LogP contribution in [0.4, 0.5) is 0 Å². The van der Waals surface area contributed by atoms with Crippen molar-refractivity contribution in [2.24, 2.45) is 11.7 Å². The highest BCUT2D eigenvalue weighted by molar-refractivity contribution is 5.76. The van der Waals surface area contributed by atoms with E-state index in [1.165, 1.54) is 19.3 Å². The summed E-state index contributed by atoms with van der Waals surface area (Å²) in [5.41, 5.74) is 5.45. The summed E-state index contributed by atoms with van der Waals surface area (Å²) >= 11 is 0. The highest BCUT2D eigenvalue weighted by atomic mass is 16.2. The molecule has 1 aliphatic heterocycles. The first-order valence-electron chi connectivity index (χ1n) is 6.64. The molecule has 0 saturated carbocycles. The van der Waals surface area contributed by atoms with Gasteiger partial charge in [-0.2, -0.15) is 0 Å². The van der Waals surface area contributed by atoms with Crippen molar-refractivity contribution in [3.63, 3.8) is 0 Å². The summed E-state index contributed by atoms with van der Waals surface area (Å²) in [6.07, 6.45) is 6.23. The molecule has 0 aromatic heterocycles. The monoisotopic (exact) mass is 226 g/mol. The van der Waals surface area contributed by atoms with Gasteiger partial charge in [0.1, 0.15) is 0 Å². The van der Waals surface area contributed by atoms with Crippen molar-refractivity contribution < 1.29 is 4.79 Å². The average molecular weight is 226 g/mol. The molecule has 1 amide bonds. The highest BCUT2D eigenvalue weighted by Gasteiger charge is 2.26. The zero-order valence-corrected chi connectivity index (χ0v) is 10.7. The van der Waals surface area contributed by atoms with Crippen LogP contribution in [-0.4, -0.2) is 29.9 Å². The molecule has 0 aromatic rings. The predicted octanol–water partition coefficient (Wildman–Crippen LogP) is 2.15. The third kappa shape index (κ3) is 4.12. The van der Waals surface area contributed by atoms with Gasteiger partial charge in [-0.3, -0.25) is 4.79 Å². The summed E-state index contributed by atoms with van der Waals surface area (Å²) in [4.78, 5) is 14.1. The minimum Gasteiger partial charge on any atom is -0.340 e. The summed E-state index contributed by atoms with van der Waals surface area (Å²) in [6, 6.07) is 0.485. The van der Waals surface area contributed by atoms with Gasteiger partial charge in [-0.25, -0.2) is 0 Å². The van der Waals surface area contributed by atoms with E-state index in [9.17, 15) is 4.79 Å². The zero-order chi connectivity index (χ0) is 12.0. The summed E-state index contributed by atoms with van der Waals surface area (Å²) in [5.74, 6) is 0.990. The number of rotatable bonds is 5. The molecule has 94 valence electrons. The van der Waals surface area contributed by atoms with Crippen LogP contribution in [0.5, 0.6) is 0 Å². The van der Waals surface area contributed by atoms with Crippen LogP contribution < -0.4 is 5.73 Å². The molecular formula is C13H26N2O. The van der Waals surface area contributed by atoms with E-state index in [0.29, 0.717) is 30.8 Å². The van der Waals surface area contributed by atoms with Crippen molar-refractivity contribution in [2.45, 2.75) is 58.4 Å². The number of nitrogens with zero attached hydrogens (tertiary/aromatic N) is 1. The number of likely N-dealkylation sites (tertiary alicyclic amines) is 1.